The molecule has 8 nitrogen and oxygen atoms in total. The van der Waals surface area contributed by atoms with Gasteiger partial charge in [0.1, 0.15) is 0 Å². The molecule has 0 unspecified atom stereocenters. The fraction of sp³-hybridized carbons (Fsp3) is 0.448. The molecule has 0 radical (unpaired) electrons. The molecule has 2 saturated heterocycles. The van der Waals surface area contributed by atoms with Crippen LogP contribution in [0.1, 0.15) is 52.2 Å². The lowest BCUT2D eigenvalue weighted by atomic mass is 9.95. The maximum atomic E-state index is 12.9. The molecule has 2 atom stereocenters. The van der Waals surface area contributed by atoms with Gasteiger partial charge in [-0.15, -0.1) is 0 Å². The van der Waals surface area contributed by atoms with Gasteiger partial charge in [0.05, 0.1) is 36.6 Å². The molecule has 37 heavy (non-hydrogen) atoms. The highest BCUT2D eigenvalue weighted by atomic mass is 16.5. The number of rotatable bonds is 7. The number of morpholine rings is 1. The van der Waals surface area contributed by atoms with Crippen LogP contribution in [-0.4, -0.2) is 68.8 Å². The summed E-state index contributed by atoms with van der Waals surface area (Å²) in [6.07, 6.45) is 6.62. The zero-order chi connectivity index (χ0) is 25.1. The maximum absolute atomic E-state index is 12.9. The molecule has 7 rings (SSSR count). The molecular weight excluding hydrogens is 468 g/mol. The molecular formula is C29H32N4O4. The third-order valence-electron chi connectivity index (χ3n) is 8.49. The highest BCUT2D eigenvalue weighted by Crippen LogP contribution is 2.48. The molecule has 2 aromatic rings. The van der Waals surface area contributed by atoms with E-state index in [4.69, 9.17) is 9.47 Å². The normalized spacial score (nSPS) is 24.9. The van der Waals surface area contributed by atoms with E-state index in [1.807, 2.05) is 12.3 Å². The first-order chi connectivity index (χ1) is 18.1. The molecule has 4 heterocycles. The summed E-state index contributed by atoms with van der Waals surface area (Å²) in [5.74, 6) is -0.160. The van der Waals surface area contributed by atoms with Gasteiger partial charge in [-0.25, -0.2) is 4.79 Å². The zero-order valence-electron chi connectivity index (χ0n) is 21.1. The van der Waals surface area contributed by atoms with Gasteiger partial charge in [-0.2, -0.15) is 0 Å². The summed E-state index contributed by atoms with van der Waals surface area (Å²) in [7, 11) is 1.38. The fourth-order valence-electron chi connectivity index (χ4n) is 6.41. The van der Waals surface area contributed by atoms with Crippen molar-refractivity contribution in [2.75, 3.05) is 55.4 Å². The zero-order valence-corrected chi connectivity index (χ0v) is 21.1. The lowest BCUT2D eigenvalue weighted by Gasteiger charge is -2.29. The molecule has 1 saturated carbocycles. The second-order valence-electron chi connectivity index (χ2n) is 10.8. The van der Waals surface area contributed by atoms with Crippen LogP contribution in [0.15, 0.2) is 36.5 Å². The third kappa shape index (κ3) is 4.08. The molecule has 0 aromatic heterocycles. The van der Waals surface area contributed by atoms with Crippen molar-refractivity contribution in [3.05, 3.63) is 58.8 Å². The van der Waals surface area contributed by atoms with Crippen LogP contribution in [-0.2, 0) is 20.7 Å². The van der Waals surface area contributed by atoms with Crippen LogP contribution in [0.4, 0.5) is 17.1 Å². The predicted molar refractivity (Wildman–Crippen MR) is 142 cm³/mol. The Morgan fingerprint density at radius 3 is 2.89 bits per heavy atom. The summed E-state index contributed by atoms with van der Waals surface area (Å²) in [5.41, 5.74) is 7.35. The van der Waals surface area contributed by atoms with Crippen LogP contribution < -0.4 is 15.5 Å². The van der Waals surface area contributed by atoms with E-state index in [1.165, 1.54) is 24.8 Å². The van der Waals surface area contributed by atoms with E-state index in [9.17, 15) is 9.59 Å². The minimum absolute atomic E-state index is 0.153. The van der Waals surface area contributed by atoms with Crippen LogP contribution in [0.2, 0.25) is 0 Å². The van der Waals surface area contributed by atoms with Crippen LogP contribution >= 0.6 is 0 Å². The number of ether oxygens (including phenoxy) is 2. The standard InChI is InChI=1S/C29H32N4O4/c1-36-29(35)19-11-23(17-2-3-17)27-24(28(34)31-25(27)12-19)14-30-20-4-5-26-18(10-20)6-7-32(26)8-9-33-15-22-13-21(33)16-37-22/h4-5,10-12,14,17,21-22,30H,2-3,6-9,13,15-16H2,1H3,(H,31,34)/b24-14-/t21-,22-/m1/s1. The van der Waals surface area contributed by atoms with E-state index in [2.05, 4.69) is 38.6 Å². The van der Waals surface area contributed by atoms with Gasteiger partial charge >= 0.3 is 5.97 Å². The van der Waals surface area contributed by atoms with Crippen LogP contribution in [0.5, 0.6) is 0 Å². The molecule has 1 aliphatic carbocycles. The Morgan fingerprint density at radius 1 is 1.24 bits per heavy atom. The van der Waals surface area contributed by atoms with Crippen molar-refractivity contribution in [2.45, 2.75) is 43.7 Å². The number of benzene rings is 2. The van der Waals surface area contributed by atoms with E-state index < -0.39 is 0 Å². The highest BCUT2D eigenvalue weighted by molar-refractivity contribution is 6.32. The third-order valence-corrected chi connectivity index (χ3v) is 8.49. The largest absolute Gasteiger partial charge is 0.465 e. The number of carbonyl (C=O) groups excluding carboxylic acids is 2. The number of amides is 1. The van der Waals surface area contributed by atoms with E-state index in [0.29, 0.717) is 34.9 Å². The molecule has 192 valence electrons. The molecule has 1 amide bonds. The lowest BCUT2D eigenvalue weighted by Crippen LogP contribution is -2.41. The highest BCUT2D eigenvalue weighted by Gasteiger charge is 2.39. The SMILES string of the molecule is COC(=O)c1cc2c(c(C3CC3)c1)/C(=C/Nc1ccc3c(c1)CCN3CCN1C[C@H]3C[C@@H]1CO3)C(=O)N2. The van der Waals surface area contributed by atoms with Crippen molar-refractivity contribution in [1.82, 2.24) is 4.90 Å². The van der Waals surface area contributed by atoms with Crippen LogP contribution in [0.3, 0.4) is 0 Å². The number of nitrogens with one attached hydrogen (secondary N) is 2. The minimum atomic E-state index is -0.386. The monoisotopic (exact) mass is 500 g/mol. The average Bonchev–Trinajstić information content (AvgIpc) is 3.21. The molecule has 3 fully saturated rings. The Kier molecular flexibility index (Phi) is 5.48. The maximum Gasteiger partial charge on any atom is 0.337 e. The first-order valence-electron chi connectivity index (χ1n) is 13.4. The first-order valence-corrected chi connectivity index (χ1v) is 13.4. The Bertz CT molecular complexity index is 1320. The van der Waals surface area contributed by atoms with Crippen molar-refractivity contribution in [1.29, 1.82) is 0 Å². The van der Waals surface area contributed by atoms with E-state index in [0.717, 1.165) is 68.9 Å². The van der Waals surface area contributed by atoms with Gasteiger partial charge in [-0.3, -0.25) is 9.69 Å². The number of fused-ring (bicyclic) bond motifs is 4. The van der Waals surface area contributed by atoms with Crippen molar-refractivity contribution in [2.24, 2.45) is 0 Å². The van der Waals surface area contributed by atoms with Crippen molar-refractivity contribution < 1.29 is 19.1 Å². The second kappa shape index (κ2) is 8.89. The lowest BCUT2D eigenvalue weighted by molar-refractivity contribution is -0.110. The molecule has 8 heteroatoms. The summed E-state index contributed by atoms with van der Waals surface area (Å²) in [4.78, 5) is 30.1. The van der Waals surface area contributed by atoms with Gasteiger partial charge in [-0.05, 0) is 73.1 Å². The van der Waals surface area contributed by atoms with Crippen molar-refractivity contribution in [3.63, 3.8) is 0 Å². The summed E-state index contributed by atoms with van der Waals surface area (Å²) >= 11 is 0. The van der Waals surface area contributed by atoms with E-state index >= 15 is 0 Å². The summed E-state index contributed by atoms with van der Waals surface area (Å²) in [6.45, 7) is 5.14. The second-order valence-corrected chi connectivity index (χ2v) is 10.8. The number of nitrogens with zero attached hydrogens (tertiary/aromatic N) is 2. The molecule has 5 aliphatic rings. The molecule has 4 aliphatic heterocycles. The molecule has 2 bridgehead atoms. The van der Waals surface area contributed by atoms with E-state index in [-0.39, 0.29) is 11.9 Å². The first kappa shape index (κ1) is 22.8. The topological polar surface area (TPSA) is 83.1 Å². The summed E-state index contributed by atoms with van der Waals surface area (Å²) < 4.78 is 10.7. The minimum Gasteiger partial charge on any atom is -0.465 e. The van der Waals surface area contributed by atoms with Gasteiger partial charge in [0.2, 0.25) is 0 Å². The van der Waals surface area contributed by atoms with Gasteiger partial charge in [0.15, 0.2) is 0 Å². The smallest absolute Gasteiger partial charge is 0.337 e. The number of carbonyl (C=O) groups is 2. The number of hydrogen-bond acceptors (Lipinski definition) is 7. The predicted octanol–water partition coefficient (Wildman–Crippen LogP) is 3.59. The van der Waals surface area contributed by atoms with Crippen molar-refractivity contribution >= 4 is 34.5 Å². The summed E-state index contributed by atoms with van der Waals surface area (Å²) in [6, 6.07) is 10.7. The molecule has 2 N–H and O–H groups in total. The van der Waals surface area contributed by atoms with Gasteiger partial charge in [0.25, 0.3) is 5.91 Å². The number of methoxy groups -OCH3 is 1. The number of anilines is 3. The van der Waals surface area contributed by atoms with Gasteiger partial charge in [0, 0.05) is 55.4 Å². The number of hydrogen-bond donors (Lipinski definition) is 2. The Morgan fingerprint density at radius 2 is 2.14 bits per heavy atom. The number of esters is 1. The Hall–Kier alpha value is -3.36. The van der Waals surface area contributed by atoms with Gasteiger partial charge in [-0.1, -0.05) is 0 Å². The molecule has 2 aromatic carbocycles. The Balaban J connectivity index is 1.08. The van der Waals surface area contributed by atoms with E-state index in [1.54, 1.807) is 6.07 Å². The van der Waals surface area contributed by atoms with Gasteiger partial charge < -0.3 is 25.0 Å². The Labute approximate surface area is 216 Å². The average molecular weight is 501 g/mol. The molecule has 0 spiro atoms. The number of likely N-dealkylation sites (tertiary alicyclic amines) is 1. The quantitative estimate of drug-likeness (QED) is 0.444. The summed E-state index contributed by atoms with van der Waals surface area (Å²) in [5, 5.41) is 6.32. The fourth-order valence-corrected chi connectivity index (χ4v) is 6.41. The van der Waals surface area contributed by atoms with Crippen LogP contribution in [0, 0.1) is 0 Å². The van der Waals surface area contributed by atoms with Crippen molar-refractivity contribution in [3.8, 4) is 0 Å². The van der Waals surface area contributed by atoms with Crippen LogP contribution in [0.25, 0.3) is 5.57 Å².